The fraction of sp³-hybridized carbons (Fsp3) is 0.588. The van der Waals surface area contributed by atoms with Crippen molar-refractivity contribution in [2.24, 2.45) is 0 Å². The lowest BCUT2D eigenvalue weighted by Gasteiger charge is -2.26. The van der Waals surface area contributed by atoms with Crippen LogP contribution in [0, 0.1) is 13.8 Å². The summed E-state index contributed by atoms with van der Waals surface area (Å²) in [5, 5.41) is 13.9. The Bertz CT molecular complexity index is 471. The first-order chi connectivity index (χ1) is 9.85. The molecule has 0 radical (unpaired) electrons. The minimum atomic E-state index is -0.642. The predicted molar refractivity (Wildman–Crippen MR) is 84.2 cm³/mol. The van der Waals surface area contributed by atoms with Crippen LogP contribution in [0.3, 0.4) is 0 Å². The molecular formula is C17H27NO3. The quantitative estimate of drug-likeness (QED) is 0.759. The standard InChI is InChI=1S/C17H27NO3/c1-11(2)18-15(8-9-16(19)21-5)17(20)14-7-6-12(3)13(4)10-14/h6-7,10-11,15,17-18,20H,8-9H2,1-5H3. The van der Waals surface area contributed by atoms with Crippen LogP contribution >= 0.6 is 0 Å². The number of carbonyl (C=O) groups excluding carboxylic acids is 1. The molecule has 1 aromatic carbocycles. The van der Waals surface area contributed by atoms with E-state index in [2.05, 4.69) is 10.1 Å². The van der Waals surface area contributed by atoms with Crippen molar-refractivity contribution in [1.82, 2.24) is 5.32 Å². The highest BCUT2D eigenvalue weighted by molar-refractivity contribution is 5.69. The first-order valence-electron chi connectivity index (χ1n) is 7.43. The third-order valence-electron chi connectivity index (χ3n) is 3.69. The number of aryl methyl sites for hydroxylation is 2. The Morgan fingerprint density at radius 1 is 1.29 bits per heavy atom. The maximum absolute atomic E-state index is 11.3. The minimum Gasteiger partial charge on any atom is -0.469 e. The molecule has 21 heavy (non-hydrogen) atoms. The Morgan fingerprint density at radius 3 is 2.48 bits per heavy atom. The van der Waals surface area contributed by atoms with Crippen molar-refractivity contribution in [1.29, 1.82) is 0 Å². The van der Waals surface area contributed by atoms with Gasteiger partial charge in [-0.3, -0.25) is 4.79 Å². The lowest BCUT2D eigenvalue weighted by molar-refractivity contribution is -0.141. The third kappa shape index (κ3) is 5.48. The second-order valence-electron chi connectivity index (χ2n) is 5.83. The third-order valence-corrected chi connectivity index (χ3v) is 3.69. The molecule has 0 aliphatic heterocycles. The number of benzene rings is 1. The Morgan fingerprint density at radius 2 is 1.95 bits per heavy atom. The highest BCUT2D eigenvalue weighted by atomic mass is 16.5. The van der Waals surface area contributed by atoms with Crippen molar-refractivity contribution in [3.05, 3.63) is 34.9 Å². The molecule has 0 saturated heterocycles. The molecule has 0 saturated carbocycles. The number of rotatable bonds is 7. The van der Waals surface area contributed by atoms with E-state index in [1.165, 1.54) is 12.7 Å². The molecule has 118 valence electrons. The average Bonchev–Trinajstić information content (AvgIpc) is 2.44. The Kier molecular flexibility index (Phi) is 6.85. The molecule has 0 bridgehead atoms. The van der Waals surface area contributed by atoms with Crippen molar-refractivity contribution in [3.63, 3.8) is 0 Å². The lowest BCUT2D eigenvalue weighted by Crippen LogP contribution is -2.39. The minimum absolute atomic E-state index is 0.175. The van der Waals surface area contributed by atoms with Crippen LogP contribution in [0.5, 0.6) is 0 Å². The second-order valence-corrected chi connectivity index (χ2v) is 5.83. The molecular weight excluding hydrogens is 266 g/mol. The molecule has 0 fully saturated rings. The number of hydrogen-bond donors (Lipinski definition) is 2. The van der Waals surface area contributed by atoms with Crippen molar-refractivity contribution < 1.29 is 14.6 Å². The molecule has 0 amide bonds. The van der Waals surface area contributed by atoms with Gasteiger partial charge in [0.15, 0.2) is 0 Å². The molecule has 0 heterocycles. The molecule has 0 aliphatic rings. The summed E-state index contributed by atoms with van der Waals surface area (Å²) in [7, 11) is 1.38. The zero-order valence-electron chi connectivity index (χ0n) is 13.6. The molecule has 4 nitrogen and oxygen atoms in total. The summed E-state index contributed by atoms with van der Waals surface area (Å²) in [5.41, 5.74) is 3.23. The first kappa shape index (κ1) is 17.7. The number of esters is 1. The number of ether oxygens (including phenoxy) is 1. The number of aliphatic hydroxyl groups is 1. The summed E-state index contributed by atoms with van der Waals surface area (Å²) in [6.07, 6.45) is 0.193. The number of methoxy groups -OCH3 is 1. The van der Waals surface area contributed by atoms with E-state index in [9.17, 15) is 9.90 Å². The van der Waals surface area contributed by atoms with Crippen LogP contribution in [0.1, 0.15) is 49.5 Å². The van der Waals surface area contributed by atoms with Gasteiger partial charge in [-0.25, -0.2) is 0 Å². The van der Waals surface area contributed by atoms with Gasteiger partial charge in [0.1, 0.15) is 0 Å². The van der Waals surface area contributed by atoms with E-state index in [0.717, 1.165) is 11.1 Å². The summed E-state index contributed by atoms with van der Waals surface area (Å²) in [5.74, 6) is -0.252. The van der Waals surface area contributed by atoms with Crippen LogP contribution in [0.25, 0.3) is 0 Å². The molecule has 2 unspecified atom stereocenters. The van der Waals surface area contributed by atoms with Gasteiger partial charge in [0.2, 0.25) is 0 Å². The van der Waals surface area contributed by atoms with Crippen LogP contribution in [-0.4, -0.2) is 30.3 Å². The molecule has 2 N–H and O–H groups in total. The molecule has 0 spiro atoms. The Labute approximate surface area is 127 Å². The zero-order valence-corrected chi connectivity index (χ0v) is 13.6. The fourth-order valence-electron chi connectivity index (χ4n) is 2.32. The molecule has 0 aromatic heterocycles. The fourth-order valence-corrected chi connectivity index (χ4v) is 2.32. The van der Waals surface area contributed by atoms with E-state index >= 15 is 0 Å². The van der Waals surface area contributed by atoms with Gasteiger partial charge >= 0.3 is 5.97 Å². The molecule has 1 rings (SSSR count). The van der Waals surface area contributed by atoms with E-state index in [4.69, 9.17) is 0 Å². The van der Waals surface area contributed by atoms with Crippen molar-refractivity contribution in [2.45, 2.75) is 58.7 Å². The van der Waals surface area contributed by atoms with Gasteiger partial charge in [-0.05, 0) is 37.0 Å². The summed E-state index contributed by atoms with van der Waals surface area (Å²) >= 11 is 0. The normalized spacial score (nSPS) is 14.0. The van der Waals surface area contributed by atoms with Gasteiger partial charge in [-0.15, -0.1) is 0 Å². The highest BCUT2D eigenvalue weighted by Gasteiger charge is 2.22. The number of aliphatic hydroxyl groups excluding tert-OH is 1. The SMILES string of the molecule is COC(=O)CCC(NC(C)C)C(O)c1ccc(C)c(C)c1. The zero-order chi connectivity index (χ0) is 16.0. The van der Waals surface area contributed by atoms with Crippen molar-refractivity contribution in [3.8, 4) is 0 Å². The first-order valence-corrected chi connectivity index (χ1v) is 7.43. The van der Waals surface area contributed by atoms with Crippen LogP contribution in [-0.2, 0) is 9.53 Å². The maximum Gasteiger partial charge on any atom is 0.305 e. The van der Waals surface area contributed by atoms with Gasteiger partial charge < -0.3 is 15.2 Å². The van der Waals surface area contributed by atoms with Gasteiger partial charge in [-0.2, -0.15) is 0 Å². The summed E-state index contributed by atoms with van der Waals surface area (Å²) in [4.78, 5) is 11.3. The van der Waals surface area contributed by atoms with Gasteiger partial charge in [0.05, 0.1) is 13.2 Å². The van der Waals surface area contributed by atoms with Gasteiger partial charge in [-0.1, -0.05) is 32.0 Å². The number of carbonyl (C=O) groups is 1. The largest absolute Gasteiger partial charge is 0.469 e. The monoisotopic (exact) mass is 293 g/mol. The topological polar surface area (TPSA) is 58.6 Å². The Hall–Kier alpha value is -1.39. The summed E-state index contributed by atoms with van der Waals surface area (Å²) < 4.78 is 4.68. The molecule has 2 atom stereocenters. The van der Waals surface area contributed by atoms with E-state index in [1.807, 2.05) is 45.9 Å². The highest BCUT2D eigenvalue weighted by Crippen LogP contribution is 2.23. The molecule has 4 heteroatoms. The van der Waals surface area contributed by atoms with E-state index < -0.39 is 6.10 Å². The lowest BCUT2D eigenvalue weighted by atomic mass is 9.95. The van der Waals surface area contributed by atoms with E-state index in [-0.39, 0.29) is 18.1 Å². The van der Waals surface area contributed by atoms with E-state index in [0.29, 0.717) is 12.8 Å². The van der Waals surface area contributed by atoms with Crippen LogP contribution in [0.2, 0.25) is 0 Å². The van der Waals surface area contributed by atoms with E-state index in [1.54, 1.807) is 0 Å². The van der Waals surface area contributed by atoms with Crippen LogP contribution in [0.15, 0.2) is 18.2 Å². The average molecular weight is 293 g/mol. The molecule has 0 aliphatic carbocycles. The smallest absolute Gasteiger partial charge is 0.305 e. The predicted octanol–water partition coefficient (Wildman–Crippen LogP) is 2.66. The van der Waals surface area contributed by atoms with Crippen LogP contribution < -0.4 is 5.32 Å². The Balaban J connectivity index is 2.84. The molecule has 1 aromatic rings. The number of nitrogens with one attached hydrogen (secondary N) is 1. The maximum atomic E-state index is 11.3. The number of hydrogen-bond acceptors (Lipinski definition) is 4. The van der Waals surface area contributed by atoms with Crippen molar-refractivity contribution >= 4 is 5.97 Å². The van der Waals surface area contributed by atoms with Crippen LogP contribution in [0.4, 0.5) is 0 Å². The van der Waals surface area contributed by atoms with Gasteiger partial charge in [0.25, 0.3) is 0 Å². The van der Waals surface area contributed by atoms with Gasteiger partial charge in [0, 0.05) is 18.5 Å². The summed E-state index contributed by atoms with van der Waals surface area (Å²) in [6.45, 7) is 8.13. The summed E-state index contributed by atoms with van der Waals surface area (Å²) in [6, 6.07) is 6.02. The van der Waals surface area contributed by atoms with Crippen molar-refractivity contribution in [2.75, 3.05) is 7.11 Å². The second kappa shape index (κ2) is 8.15.